The topological polar surface area (TPSA) is 204 Å². The van der Waals surface area contributed by atoms with Gasteiger partial charge in [0, 0.05) is 24.4 Å². The van der Waals surface area contributed by atoms with Crippen molar-refractivity contribution in [3.63, 3.8) is 0 Å². The fourth-order valence-electron chi connectivity index (χ4n) is 6.38. The van der Waals surface area contributed by atoms with Crippen molar-refractivity contribution in [2.45, 2.75) is 122 Å². The molecule has 5 unspecified atom stereocenters. The molecule has 0 radical (unpaired) electrons. The van der Waals surface area contributed by atoms with Gasteiger partial charge in [0.25, 0.3) is 0 Å². The number of rotatable bonds is 15. The molecule has 1 aromatic carbocycles. The van der Waals surface area contributed by atoms with E-state index >= 15 is 0 Å². The van der Waals surface area contributed by atoms with E-state index in [1.165, 1.54) is 15.9 Å². The SMILES string of the molecule is CC(C)(C)OC(=O)NC(CCCCCC=CC1CC1C(=O)NS(=O)(=O)OC1CC1)C(=O)N1CC(OC(=O)N2Cc3cccc(F)c3C2)CC1C(N)=O. The number of benzene rings is 1. The first-order valence-corrected chi connectivity index (χ1v) is 19.1. The number of fused-ring (bicyclic) bond motifs is 1. The second kappa shape index (κ2) is 16.2. The number of halogens is 1. The predicted octanol–water partition coefficient (Wildman–Crippen LogP) is 3.31. The molecule has 3 fully saturated rings. The summed E-state index contributed by atoms with van der Waals surface area (Å²) in [6, 6.07) is 2.49. The fraction of sp³-hybridized carbons (Fsp3) is 0.629. The number of amides is 5. The van der Waals surface area contributed by atoms with Crippen LogP contribution in [-0.2, 0) is 51.4 Å². The van der Waals surface area contributed by atoms with Crippen LogP contribution in [0.3, 0.4) is 0 Å². The summed E-state index contributed by atoms with van der Waals surface area (Å²) in [6.07, 6.45) is 5.87. The van der Waals surface area contributed by atoms with Crippen molar-refractivity contribution in [1.29, 1.82) is 0 Å². The number of allylic oxidation sites excluding steroid dienone is 2. The molecule has 2 aliphatic heterocycles. The normalized spacial score (nSPS) is 23.2. The van der Waals surface area contributed by atoms with Gasteiger partial charge in [0.15, 0.2) is 0 Å². The van der Waals surface area contributed by atoms with Crippen LogP contribution < -0.4 is 15.8 Å². The number of hydrogen-bond acceptors (Lipinski definition) is 10. The number of likely N-dealkylation sites (tertiary alicyclic amines) is 1. The van der Waals surface area contributed by atoms with Crippen LogP contribution in [0.1, 0.15) is 89.7 Å². The third-order valence-electron chi connectivity index (χ3n) is 9.25. The standard InChI is InChI=1S/C35H48FN5O10S/c1-35(2,3)50-33(45)38-28(13-8-6-4-5-7-10-21-16-25(21)31(43)39-52(47,48)51-23-14-15-23)32(44)41-19-24(17-29(41)30(37)42)49-34(46)40-18-22-11-9-12-27(36)26(22)20-40/h7,9-12,21,23-25,28-29H,4-6,8,13-20H2,1-3H3,(H2,37,42)(H,38,45)(H,39,43). The van der Waals surface area contributed by atoms with Gasteiger partial charge in [-0.3, -0.25) is 23.5 Å². The van der Waals surface area contributed by atoms with E-state index in [1.54, 1.807) is 32.9 Å². The summed E-state index contributed by atoms with van der Waals surface area (Å²) in [5, 5.41) is 2.64. The third kappa shape index (κ3) is 10.9. The molecule has 15 nitrogen and oxygen atoms in total. The Bertz CT molecular complexity index is 1680. The Morgan fingerprint density at radius 2 is 1.81 bits per heavy atom. The molecule has 1 saturated heterocycles. The summed E-state index contributed by atoms with van der Waals surface area (Å²) < 4.78 is 55.9. The molecule has 5 amide bonds. The van der Waals surface area contributed by atoms with Gasteiger partial charge in [-0.05, 0) is 76.8 Å². The van der Waals surface area contributed by atoms with Gasteiger partial charge >= 0.3 is 22.5 Å². The van der Waals surface area contributed by atoms with Crippen LogP contribution >= 0.6 is 0 Å². The number of carbonyl (C=O) groups is 5. The van der Waals surface area contributed by atoms with Crippen LogP contribution in [0.5, 0.6) is 0 Å². The lowest BCUT2D eigenvalue weighted by molar-refractivity contribution is -0.139. The van der Waals surface area contributed by atoms with Gasteiger partial charge in [-0.1, -0.05) is 37.1 Å². The lowest BCUT2D eigenvalue weighted by atomic mass is 10.0. The average Bonchev–Trinajstić information content (AvgIpc) is 3.92. The predicted molar refractivity (Wildman–Crippen MR) is 183 cm³/mol. The van der Waals surface area contributed by atoms with E-state index in [0.29, 0.717) is 49.7 Å². The van der Waals surface area contributed by atoms with E-state index in [1.807, 2.05) is 16.9 Å². The monoisotopic (exact) mass is 749 g/mol. The number of nitrogens with one attached hydrogen (secondary N) is 2. The van der Waals surface area contributed by atoms with Gasteiger partial charge in [0.1, 0.15) is 29.6 Å². The quantitative estimate of drug-likeness (QED) is 0.176. The Balaban J connectivity index is 1.10. The van der Waals surface area contributed by atoms with Crippen molar-refractivity contribution in [3.05, 3.63) is 47.3 Å². The largest absolute Gasteiger partial charge is 0.444 e. The Morgan fingerprint density at radius 3 is 2.48 bits per heavy atom. The Labute approximate surface area is 303 Å². The molecule has 5 atom stereocenters. The molecule has 2 saturated carbocycles. The molecular weight excluding hydrogens is 701 g/mol. The summed E-state index contributed by atoms with van der Waals surface area (Å²) in [5.74, 6) is -2.80. The van der Waals surface area contributed by atoms with Gasteiger partial charge < -0.3 is 25.4 Å². The highest BCUT2D eigenvalue weighted by Gasteiger charge is 2.45. The number of unbranched alkanes of at least 4 members (excludes halogenated alkanes) is 3. The summed E-state index contributed by atoms with van der Waals surface area (Å²) >= 11 is 0. The first kappa shape index (κ1) is 39.0. The molecule has 0 bridgehead atoms. The highest BCUT2D eigenvalue weighted by Crippen LogP contribution is 2.40. The minimum Gasteiger partial charge on any atom is -0.444 e. The zero-order valence-electron chi connectivity index (χ0n) is 29.7. The number of primary amides is 1. The fourth-order valence-corrected chi connectivity index (χ4v) is 7.38. The molecule has 1 aromatic rings. The Kier molecular flexibility index (Phi) is 12.1. The molecule has 17 heteroatoms. The van der Waals surface area contributed by atoms with Gasteiger partial charge in [0.2, 0.25) is 17.7 Å². The maximum atomic E-state index is 14.2. The molecule has 2 heterocycles. The summed E-state index contributed by atoms with van der Waals surface area (Å²) in [6.45, 7) is 5.15. The van der Waals surface area contributed by atoms with Crippen molar-refractivity contribution in [1.82, 2.24) is 19.8 Å². The Morgan fingerprint density at radius 1 is 1.06 bits per heavy atom. The molecule has 2 aliphatic carbocycles. The van der Waals surface area contributed by atoms with Crippen molar-refractivity contribution in [2.24, 2.45) is 17.6 Å². The van der Waals surface area contributed by atoms with Crippen LogP contribution in [0, 0.1) is 17.7 Å². The van der Waals surface area contributed by atoms with E-state index in [2.05, 4.69) is 5.32 Å². The minimum atomic E-state index is -4.08. The van der Waals surface area contributed by atoms with E-state index in [9.17, 15) is 36.8 Å². The summed E-state index contributed by atoms with van der Waals surface area (Å²) in [4.78, 5) is 66.9. The number of nitrogens with two attached hydrogens (primary N) is 1. The van der Waals surface area contributed by atoms with Crippen molar-refractivity contribution in [3.8, 4) is 0 Å². The van der Waals surface area contributed by atoms with Crippen LogP contribution in [0.2, 0.25) is 0 Å². The van der Waals surface area contributed by atoms with E-state index in [4.69, 9.17) is 19.4 Å². The molecule has 0 spiro atoms. The molecular formula is C35H48FN5O10S. The Hall–Kier alpha value is -4.25. The van der Waals surface area contributed by atoms with E-state index < -0.39 is 75.7 Å². The van der Waals surface area contributed by atoms with E-state index in [0.717, 1.165) is 6.42 Å². The lowest BCUT2D eigenvalue weighted by Gasteiger charge is -2.28. The lowest BCUT2D eigenvalue weighted by Crippen LogP contribution is -2.53. The third-order valence-corrected chi connectivity index (χ3v) is 10.2. The first-order chi connectivity index (χ1) is 24.5. The second-order valence-corrected chi connectivity index (χ2v) is 16.2. The zero-order valence-corrected chi connectivity index (χ0v) is 30.5. The maximum Gasteiger partial charge on any atom is 0.410 e. The molecule has 4 N–H and O–H groups in total. The number of hydrogen-bond donors (Lipinski definition) is 3. The molecule has 5 rings (SSSR count). The van der Waals surface area contributed by atoms with Crippen LogP contribution in [0.25, 0.3) is 0 Å². The van der Waals surface area contributed by atoms with Gasteiger partial charge in [-0.2, -0.15) is 8.42 Å². The van der Waals surface area contributed by atoms with Crippen molar-refractivity contribution < 1.29 is 50.4 Å². The molecule has 0 aromatic heterocycles. The van der Waals surface area contributed by atoms with Gasteiger partial charge in [-0.25, -0.2) is 18.7 Å². The van der Waals surface area contributed by atoms with Crippen LogP contribution in [0.15, 0.2) is 30.4 Å². The first-order valence-electron chi connectivity index (χ1n) is 17.7. The number of ether oxygens (including phenoxy) is 2. The summed E-state index contributed by atoms with van der Waals surface area (Å²) in [7, 11) is -4.08. The molecule has 286 valence electrons. The van der Waals surface area contributed by atoms with E-state index in [-0.39, 0.29) is 44.5 Å². The molecule has 52 heavy (non-hydrogen) atoms. The van der Waals surface area contributed by atoms with Crippen molar-refractivity contribution in [2.75, 3.05) is 6.54 Å². The van der Waals surface area contributed by atoms with Crippen LogP contribution in [-0.4, -0.2) is 84.6 Å². The summed E-state index contributed by atoms with van der Waals surface area (Å²) in [5.41, 5.74) is 5.92. The highest BCUT2D eigenvalue weighted by molar-refractivity contribution is 7.85. The molecule has 4 aliphatic rings. The average molecular weight is 750 g/mol. The maximum absolute atomic E-state index is 14.2. The smallest absolute Gasteiger partial charge is 0.410 e. The highest BCUT2D eigenvalue weighted by atomic mass is 32.2. The minimum absolute atomic E-state index is 0.0268. The number of carbonyl (C=O) groups excluding carboxylic acids is 5. The van der Waals surface area contributed by atoms with Crippen molar-refractivity contribution >= 4 is 40.2 Å². The zero-order chi connectivity index (χ0) is 37.8. The van der Waals surface area contributed by atoms with Gasteiger partial charge in [-0.15, -0.1) is 0 Å². The number of alkyl carbamates (subject to hydrolysis) is 1. The number of nitrogens with zero attached hydrogens (tertiary/aromatic N) is 2. The van der Waals surface area contributed by atoms with Gasteiger partial charge in [0.05, 0.1) is 19.2 Å². The second-order valence-electron chi connectivity index (χ2n) is 14.9. The van der Waals surface area contributed by atoms with Crippen LogP contribution in [0.4, 0.5) is 14.0 Å².